The van der Waals surface area contributed by atoms with Gasteiger partial charge < -0.3 is 14.8 Å². The summed E-state index contributed by atoms with van der Waals surface area (Å²) < 4.78 is 36.5. The molecule has 9 heteroatoms. The summed E-state index contributed by atoms with van der Waals surface area (Å²) >= 11 is 0. The molecule has 0 atom stereocenters. The summed E-state index contributed by atoms with van der Waals surface area (Å²) in [4.78, 5) is 23.6. The van der Waals surface area contributed by atoms with Crippen LogP contribution in [0.1, 0.15) is 32.6 Å². The van der Waals surface area contributed by atoms with E-state index in [-0.39, 0.29) is 30.3 Å². The van der Waals surface area contributed by atoms with E-state index in [0.717, 1.165) is 12.8 Å². The average Bonchev–Trinajstić information content (AvgIpc) is 2.67. The minimum absolute atomic E-state index is 0.0160. The van der Waals surface area contributed by atoms with Gasteiger partial charge in [0.05, 0.1) is 17.9 Å². The highest BCUT2D eigenvalue weighted by Gasteiger charge is 2.27. The fourth-order valence-electron chi connectivity index (χ4n) is 2.83. The smallest absolute Gasteiger partial charge is 0.306 e. The Labute approximate surface area is 166 Å². The number of piperidine rings is 1. The topological polar surface area (TPSA) is 102 Å². The van der Waals surface area contributed by atoms with Crippen LogP contribution in [-0.4, -0.2) is 58.0 Å². The molecule has 1 amide bonds. The zero-order chi connectivity index (χ0) is 20.6. The maximum absolute atomic E-state index is 12.7. The Hall–Kier alpha value is -1.97. The Bertz CT molecular complexity index is 755. The number of ether oxygens (including phenoxy) is 2. The summed E-state index contributed by atoms with van der Waals surface area (Å²) in [5.41, 5.74) is 0.476. The minimum atomic E-state index is -3.51. The lowest BCUT2D eigenvalue weighted by Gasteiger charge is -2.29. The van der Waals surface area contributed by atoms with Crippen molar-refractivity contribution in [3.63, 3.8) is 0 Å². The molecular formula is C19H28N2O6S. The third-order valence-corrected chi connectivity index (χ3v) is 6.54. The maximum atomic E-state index is 12.7. The number of nitrogens with one attached hydrogen (secondary N) is 1. The van der Waals surface area contributed by atoms with Crippen LogP contribution < -0.4 is 5.32 Å². The van der Waals surface area contributed by atoms with Crippen LogP contribution in [0.5, 0.6) is 0 Å². The first-order chi connectivity index (χ1) is 13.3. The zero-order valence-electron chi connectivity index (χ0n) is 16.3. The first kappa shape index (κ1) is 22.3. The van der Waals surface area contributed by atoms with E-state index in [4.69, 9.17) is 9.47 Å². The molecule has 1 aliphatic rings. The number of carbonyl (C=O) groups excluding carboxylic acids is 2. The second-order valence-electron chi connectivity index (χ2n) is 6.87. The summed E-state index contributed by atoms with van der Waals surface area (Å²) in [7, 11) is -2.01. The molecule has 0 aliphatic carbocycles. The maximum Gasteiger partial charge on any atom is 0.306 e. The van der Waals surface area contributed by atoms with Crippen LogP contribution >= 0.6 is 0 Å². The fourth-order valence-corrected chi connectivity index (χ4v) is 4.30. The Morgan fingerprint density at radius 3 is 2.36 bits per heavy atom. The largest absolute Gasteiger partial charge is 0.463 e. The van der Waals surface area contributed by atoms with Crippen LogP contribution in [0.4, 0.5) is 5.69 Å². The van der Waals surface area contributed by atoms with Crippen molar-refractivity contribution in [1.82, 2.24) is 4.31 Å². The Morgan fingerprint density at radius 2 is 1.75 bits per heavy atom. The van der Waals surface area contributed by atoms with Crippen LogP contribution in [0.2, 0.25) is 0 Å². The first-order valence-electron chi connectivity index (χ1n) is 9.37. The van der Waals surface area contributed by atoms with Crippen molar-refractivity contribution < 1.29 is 27.5 Å². The number of hydrogen-bond acceptors (Lipinski definition) is 6. The van der Waals surface area contributed by atoms with Gasteiger partial charge in [-0.25, -0.2) is 8.42 Å². The van der Waals surface area contributed by atoms with Gasteiger partial charge in [-0.3, -0.25) is 9.59 Å². The zero-order valence-corrected chi connectivity index (χ0v) is 17.2. The molecule has 0 saturated carbocycles. The van der Waals surface area contributed by atoms with Crippen molar-refractivity contribution in [2.75, 3.05) is 38.7 Å². The molecule has 1 saturated heterocycles. The monoisotopic (exact) mass is 412 g/mol. The lowest BCUT2D eigenvalue weighted by Crippen LogP contribution is -2.37. The van der Waals surface area contributed by atoms with Crippen molar-refractivity contribution in [3.05, 3.63) is 24.3 Å². The van der Waals surface area contributed by atoms with Crippen molar-refractivity contribution in [2.24, 2.45) is 5.92 Å². The van der Waals surface area contributed by atoms with Gasteiger partial charge in [0.2, 0.25) is 15.9 Å². The first-order valence-corrected chi connectivity index (χ1v) is 10.8. The van der Waals surface area contributed by atoms with Gasteiger partial charge in [-0.1, -0.05) is 6.92 Å². The summed E-state index contributed by atoms with van der Waals surface area (Å²) in [6.07, 6.45) is 1.68. The Balaban J connectivity index is 1.85. The van der Waals surface area contributed by atoms with E-state index in [1.807, 2.05) is 0 Å². The minimum Gasteiger partial charge on any atom is -0.463 e. The van der Waals surface area contributed by atoms with Crippen molar-refractivity contribution in [2.45, 2.75) is 37.5 Å². The number of rotatable bonds is 9. The van der Waals surface area contributed by atoms with Crippen molar-refractivity contribution in [1.29, 1.82) is 0 Å². The van der Waals surface area contributed by atoms with Crippen molar-refractivity contribution >= 4 is 27.6 Å². The number of esters is 1. The quantitative estimate of drug-likeness (QED) is 0.492. The molecule has 8 nitrogen and oxygen atoms in total. The highest BCUT2D eigenvalue weighted by molar-refractivity contribution is 7.89. The molecule has 0 radical (unpaired) electrons. The fraction of sp³-hybridized carbons (Fsp3) is 0.579. The molecule has 1 aliphatic heterocycles. The number of amides is 1. The van der Waals surface area contributed by atoms with E-state index in [0.29, 0.717) is 31.3 Å². The Morgan fingerprint density at radius 1 is 1.11 bits per heavy atom. The van der Waals surface area contributed by atoms with Gasteiger partial charge in [0, 0.05) is 32.3 Å². The molecule has 1 N–H and O–H groups in total. The highest BCUT2D eigenvalue weighted by atomic mass is 32.2. The molecular weight excluding hydrogens is 384 g/mol. The molecule has 0 unspecified atom stereocenters. The number of benzene rings is 1. The predicted molar refractivity (Wildman–Crippen MR) is 104 cm³/mol. The number of methoxy groups -OCH3 is 1. The molecule has 0 spiro atoms. The number of sulfonamides is 1. The molecule has 1 aromatic rings. The highest BCUT2D eigenvalue weighted by Crippen LogP contribution is 2.24. The van der Waals surface area contributed by atoms with Crippen LogP contribution in [0, 0.1) is 5.92 Å². The molecule has 0 aromatic heterocycles. The third kappa shape index (κ3) is 6.57. The molecule has 0 bridgehead atoms. The molecule has 2 rings (SSSR count). The van der Waals surface area contributed by atoms with Crippen LogP contribution in [0.15, 0.2) is 29.2 Å². The molecule has 156 valence electrons. The van der Waals surface area contributed by atoms with E-state index in [1.165, 1.54) is 23.5 Å². The van der Waals surface area contributed by atoms with E-state index in [1.54, 1.807) is 12.1 Å². The van der Waals surface area contributed by atoms with Gasteiger partial charge in [-0.05, 0) is 43.0 Å². The molecule has 1 fully saturated rings. The molecule has 1 aromatic carbocycles. The standard InChI is InChI=1S/C19H28N2O6S/c1-15-9-11-21(12-10-15)28(24,25)17-5-3-16(4-6-17)20-18(22)7-8-19(23)27-14-13-26-2/h3-6,15H,7-14H2,1-2H3,(H,20,22). The normalized spacial score (nSPS) is 15.9. The van der Waals surface area contributed by atoms with Gasteiger partial charge in [0.25, 0.3) is 0 Å². The van der Waals surface area contributed by atoms with Crippen molar-refractivity contribution in [3.8, 4) is 0 Å². The summed E-state index contributed by atoms with van der Waals surface area (Å²) in [6, 6.07) is 6.08. The van der Waals surface area contributed by atoms with E-state index < -0.39 is 16.0 Å². The predicted octanol–water partition coefficient (Wildman–Crippen LogP) is 2.02. The van der Waals surface area contributed by atoms with Gasteiger partial charge in [-0.2, -0.15) is 4.31 Å². The lowest BCUT2D eigenvalue weighted by atomic mass is 10.0. The van der Waals surface area contributed by atoms with Crippen LogP contribution in [0.25, 0.3) is 0 Å². The van der Waals surface area contributed by atoms with E-state index >= 15 is 0 Å². The number of hydrogen-bond donors (Lipinski definition) is 1. The average molecular weight is 413 g/mol. The summed E-state index contributed by atoms with van der Waals surface area (Å²) in [6.45, 7) is 3.65. The van der Waals surface area contributed by atoms with E-state index in [9.17, 15) is 18.0 Å². The molecule has 1 heterocycles. The third-order valence-electron chi connectivity index (χ3n) is 4.63. The van der Waals surface area contributed by atoms with Gasteiger partial charge >= 0.3 is 5.97 Å². The Kier molecular flexibility index (Phi) is 8.40. The lowest BCUT2D eigenvalue weighted by molar-refractivity contribution is -0.145. The van der Waals surface area contributed by atoms with Crippen LogP contribution in [-0.2, 0) is 29.1 Å². The summed E-state index contributed by atoms with van der Waals surface area (Å²) in [5.74, 6) is -0.268. The van der Waals surface area contributed by atoms with Gasteiger partial charge in [0.1, 0.15) is 6.61 Å². The van der Waals surface area contributed by atoms with Gasteiger partial charge in [-0.15, -0.1) is 0 Å². The summed E-state index contributed by atoms with van der Waals surface area (Å²) in [5, 5.41) is 2.65. The second-order valence-corrected chi connectivity index (χ2v) is 8.81. The number of carbonyl (C=O) groups is 2. The van der Waals surface area contributed by atoms with Gasteiger partial charge in [0.15, 0.2) is 0 Å². The number of nitrogens with zero attached hydrogens (tertiary/aromatic N) is 1. The van der Waals surface area contributed by atoms with Crippen LogP contribution in [0.3, 0.4) is 0 Å². The molecule has 28 heavy (non-hydrogen) atoms. The SMILES string of the molecule is COCCOC(=O)CCC(=O)Nc1ccc(S(=O)(=O)N2CCC(C)CC2)cc1. The number of anilines is 1. The van der Waals surface area contributed by atoms with E-state index in [2.05, 4.69) is 12.2 Å². The second kappa shape index (κ2) is 10.5.